The lowest BCUT2D eigenvalue weighted by atomic mass is 10.1. The molecule has 4 aromatic rings. The highest BCUT2D eigenvalue weighted by Gasteiger charge is 2.16. The largest absolute Gasteiger partial charge is 0.496 e. The Morgan fingerprint density at radius 3 is 2.80 bits per heavy atom. The van der Waals surface area contributed by atoms with E-state index in [4.69, 9.17) is 4.74 Å². The minimum Gasteiger partial charge on any atom is -0.496 e. The average Bonchev–Trinajstić information content (AvgIpc) is 3.22. The molecule has 0 aliphatic heterocycles. The molecule has 0 fully saturated rings. The van der Waals surface area contributed by atoms with E-state index in [1.54, 1.807) is 36.2 Å². The van der Waals surface area contributed by atoms with E-state index in [0.29, 0.717) is 10.5 Å². The van der Waals surface area contributed by atoms with E-state index in [0.717, 1.165) is 17.0 Å². The van der Waals surface area contributed by atoms with Crippen LogP contribution in [0.3, 0.4) is 0 Å². The maximum absolute atomic E-state index is 12.2. The number of ether oxygens (including phenoxy) is 1. The first kappa shape index (κ1) is 15.3. The van der Waals surface area contributed by atoms with Crippen LogP contribution in [0.4, 0.5) is 5.95 Å². The van der Waals surface area contributed by atoms with Crippen LogP contribution in [0.15, 0.2) is 54.2 Å². The SMILES string of the molecule is COc1ccccc1-c1csc2nc(NC(=O)c3ccncc3)nn12. The molecule has 0 aliphatic rings. The predicted octanol–water partition coefficient (Wildman–Crippen LogP) is 3.11. The highest BCUT2D eigenvalue weighted by atomic mass is 32.1. The highest BCUT2D eigenvalue weighted by molar-refractivity contribution is 7.15. The minimum atomic E-state index is -0.278. The van der Waals surface area contributed by atoms with E-state index < -0.39 is 0 Å². The number of hydrogen-bond donors (Lipinski definition) is 1. The Balaban J connectivity index is 1.68. The third-order valence-electron chi connectivity index (χ3n) is 3.63. The Labute approximate surface area is 146 Å². The normalized spacial score (nSPS) is 10.8. The van der Waals surface area contributed by atoms with Gasteiger partial charge in [0.15, 0.2) is 0 Å². The van der Waals surface area contributed by atoms with E-state index in [1.807, 2.05) is 29.6 Å². The molecule has 0 atom stereocenters. The number of amides is 1. The first-order chi connectivity index (χ1) is 12.3. The number of thiazole rings is 1. The first-order valence-corrected chi connectivity index (χ1v) is 8.33. The molecule has 0 aliphatic carbocycles. The molecule has 0 saturated heterocycles. The molecule has 0 saturated carbocycles. The lowest BCUT2D eigenvalue weighted by Crippen LogP contribution is -2.13. The molecule has 3 heterocycles. The molecule has 1 amide bonds. The fourth-order valence-electron chi connectivity index (χ4n) is 2.45. The zero-order chi connectivity index (χ0) is 17.2. The van der Waals surface area contributed by atoms with Crippen molar-refractivity contribution in [3.05, 3.63) is 59.7 Å². The lowest BCUT2D eigenvalue weighted by Gasteiger charge is -2.06. The first-order valence-electron chi connectivity index (χ1n) is 7.45. The number of nitrogens with one attached hydrogen (secondary N) is 1. The Morgan fingerprint density at radius 2 is 2.00 bits per heavy atom. The topological polar surface area (TPSA) is 81.4 Å². The van der Waals surface area contributed by atoms with Crippen molar-refractivity contribution in [1.29, 1.82) is 0 Å². The van der Waals surface area contributed by atoms with Gasteiger partial charge in [0.1, 0.15) is 5.75 Å². The fourth-order valence-corrected chi connectivity index (χ4v) is 3.28. The van der Waals surface area contributed by atoms with Gasteiger partial charge in [0.05, 0.1) is 12.8 Å². The van der Waals surface area contributed by atoms with Gasteiger partial charge in [-0.3, -0.25) is 15.1 Å². The van der Waals surface area contributed by atoms with Crippen LogP contribution >= 0.6 is 11.3 Å². The number of carbonyl (C=O) groups excluding carboxylic acids is 1. The summed E-state index contributed by atoms with van der Waals surface area (Å²) in [4.78, 5) is 21.2. The van der Waals surface area contributed by atoms with E-state index >= 15 is 0 Å². The van der Waals surface area contributed by atoms with Gasteiger partial charge in [0.2, 0.25) is 4.96 Å². The lowest BCUT2D eigenvalue weighted by molar-refractivity contribution is 0.102. The van der Waals surface area contributed by atoms with Crippen LogP contribution in [0.1, 0.15) is 10.4 Å². The molecule has 0 unspecified atom stereocenters. The predicted molar refractivity (Wildman–Crippen MR) is 95.0 cm³/mol. The highest BCUT2D eigenvalue weighted by Crippen LogP contribution is 2.32. The summed E-state index contributed by atoms with van der Waals surface area (Å²) < 4.78 is 7.11. The number of rotatable bonds is 4. The van der Waals surface area contributed by atoms with Crippen LogP contribution in [0.2, 0.25) is 0 Å². The molecule has 1 aromatic carbocycles. The third kappa shape index (κ3) is 2.83. The Kier molecular flexibility index (Phi) is 3.87. The van der Waals surface area contributed by atoms with Gasteiger partial charge in [-0.2, -0.15) is 4.98 Å². The number of methoxy groups -OCH3 is 1. The van der Waals surface area contributed by atoms with E-state index in [-0.39, 0.29) is 11.9 Å². The summed E-state index contributed by atoms with van der Waals surface area (Å²) in [6.07, 6.45) is 3.13. The van der Waals surface area contributed by atoms with Crippen LogP contribution in [0.25, 0.3) is 16.2 Å². The van der Waals surface area contributed by atoms with E-state index in [2.05, 4.69) is 20.4 Å². The van der Waals surface area contributed by atoms with E-state index in [1.165, 1.54) is 11.3 Å². The number of pyridine rings is 1. The smallest absolute Gasteiger partial charge is 0.258 e. The molecule has 25 heavy (non-hydrogen) atoms. The molecule has 3 aromatic heterocycles. The van der Waals surface area contributed by atoms with Gasteiger partial charge in [-0.25, -0.2) is 4.52 Å². The van der Waals surface area contributed by atoms with Gasteiger partial charge in [0.25, 0.3) is 11.9 Å². The Morgan fingerprint density at radius 1 is 1.20 bits per heavy atom. The van der Waals surface area contributed by atoms with Gasteiger partial charge in [0, 0.05) is 28.9 Å². The molecule has 4 rings (SSSR count). The maximum Gasteiger partial charge on any atom is 0.258 e. The van der Waals surface area contributed by atoms with Crippen LogP contribution in [-0.4, -0.2) is 32.6 Å². The summed E-state index contributed by atoms with van der Waals surface area (Å²) in [5.74, 6) is 0.726. The van der Waals surface area contributed by atoms with Crippen molar-refractivity contribution in [3.63, 3.8) is 0 Å². The van der Waals surface area contributed by atoms with E-state index in [9.17, 15) is 4.79 Å². The molecular weight excluding hydrogens is 338 g/mol. The zero-order valence-corrected chi connectivity index (χ0v) is 14.0. The number of nitrogens with zero attached hydrogens (tertiary/aromatic N) is 4. The number of hydrogen-bond acceptors (Lipinski definition) is 6. The van der Waals surface area contributed by atoms with Gasteiger partial charge in [-0.05, 0) is 24.3 Å². The van der Waals surface area contributed by atoms with Gasteiger partial charge < -0.3 is 4.74 Å². The third-order valence-corrected chi connectivity index (χ3v) is 4.45. The summed E-state index contributed by atoms with van der Waals surface area (Å²) >= 11 is 1.44. The monoisotopic (exact) mass is 351 g/mol. The number of para-hydroxylation sites is 1. The van der Waals surface area contributed by atoms with Gasteiger partial charge >= 0.3 is 0 Å². The van der Waals surface area contributed by atoms with Crippen molar-refractivity contribution in [1.82, 2.24) is 19.6 Å². The second kappa shape index (κ2) is 6.33. The summed E-state index contributed by atoms with van der Waals surface area (Å²) in [6.45, 7) is 0. The molecule has 1 N–H and O–H groups in total. The molecule has 0 radical (unpaired) electrons. The standard InChI is InChI=1S/C17H13N5O2S/c1-24-14-5-3-2-4-12(14)13-10-25-17-20-16(21-22(13)17)19-15(23)11-6-8-18-9-7-11/h2-10H,1H3,(H,19,21,23). The average molecular weight is 351 g/mol. The molecule has 8 heteroatoms. The van der Waals surface area contributed by atoms with Crippen molar-refractivity contribution >= 4 is 28.2 Å². The maximum atomic E-state index is 12.2. The van der Waals surface area contributed by atoms with Crippen molar-refractivity contribution in [2.45, 2.75) is 0 Å². The van der Waals surface area contributed by atoms with Crippen molar-refractivity contribution in [2.75, 3.05) is 12.4 Å². The summed E-state index contributed by atoms with van der Waals surface area (Å²) in [6, 6.07) is 11.0. The number of aromatic nitrogens is 4. The number of benzene rings is 1. The van der Waals surface area contributed by atoms with Crippen LogP contribution in [-0.2, 0) is 0 Å². The Hall–Kier alpha value is -3.26. The summed E-state index contributed by atoms with van der Waals surface area (Å²) in [5, 5.41) is 9.07. The molecule has 124 valence electrons. The minimum absolute atomic E-state index is 0.254. The summed E-state index contributed by atoms with van der Waals surface area (Å²) in [7, 11) is 1.63. The van der Waals surface area contributed by atoms with Gasteiger partial charge in [-0.15, -0.1) is 16.4 Å². The second-order valence-corrected chi connectivity index (χ2v) is 5.98. The van der Waals surface area contributed by atoms with Crippen LogP contribution in [0, 0.1) is 0 Å². The molecule has 7 nitrogen and oxygen atoms in total. The molecular formula is C17H13N5O2S. The fraction of sp³-hybridized carbons (Fsp3) is 0.0588. The van der Waals surface area contributed by atoms with Crippen LogP contribution in [0.5, 0.6) is 5.75 Å². The van der Waals surface area contributed by atoms with Crippen molar-refractivity contribution in [2.24, 2.45) is 0 Å². The van der Waals surface area contributed by atoms with Gasteiger partial charge in [-0.1, -0.05) is 12.1 Å². The second-order valence-electron chi connectivity index (χ2n) is 5.14. The number of fused-ring (bicyclic) bond motifs is 1. The quantitative estimate of drug-likeness (QED) is 0.611. The molecule has 0 bridgehead atoms. The number of carbonyl (C=O) groups is 1. The van der Waals surface area contributed by atoms with Crippen molar-refractivity contribution < 1.29 is 9.53 Å². The summed E-state index contributed by atoms with van der Waals surface area (Å²) in [5.41, 5.74) is 2.26. The van der Waals surface area contributed by atoms with Crippen molar-refractivity contribution in [3.8, 4) is 17.0 Å². The van der Waals surface area contributed by atoms with Crippen LogP contribution < -0.4 is 10.1 Å². The molecule has 0 spiro atoms. The number of anilines is 1. The zero-order valence-electron chi connectivity index (χ0n) is 13.2. The Bertz CT molecular complexity index is 1040.